The minimum Gasteiger partial charge on any atom is -0.422 e. The van der Waals surface area contributed by atoms with Gasteiger partial charge in [0.1, 0.15) is 0 Å². The summed E-state index contributed by atoms with van der Waals surface area (Å²) in [7, 11) is 0. The molecule has 0 aromatic heterocycles. The summed E-state index contributed by atoms with van der Waals surface area (Å²) in [4.78, 5) is 24.4. The van der Waals surface area contributed by atoms with E-state index >= 15 is 0 Å². The van der Waals surface area contributed by atoms with Crippen molar-refractivity contribution in [3.05, 3.63) is 35.4 Å². The zero-order valence-corrected chi connectivity index (χ0v) is 17.0. The van der Waals surface area contributed by atoms with Gasteiger partial charge >= 0.3 is 11.9 Å². The van der Waals surface area contributed by atoms with E-state index in [-0.39, 0.29) is 29.5 Å². The zero-order valence-electron chi connectivity index (χ0n) is 17.0. The molecule has 2 rings (SSSR count). The van der Waals surface area contributed by atoms with Crippen molar-refractivity contribution < 1.29 is 19.1 Å². The molecule has 0 unspecified atom stereocenters. The molecule has 5 heteroatoms. The Bertz CT molecular complexity index is 840. The number of hydrogen-bond donors (Lipinski definition) is 1. The second-order valence-electron chi connectivity index (χ2n) is 7.28. The summed E-state index contributed by atoms with van der Waals surface area (Å²) in [5.41, 5.74) is 1.90. The molecule has 0 spiro atoms. The lowest BCUT2D eigenvalue weighted by molar-refractivity contribution is -0.140. The van der Waals surface area contributed by atoms with Crippen LogP contribution in [0.5, 0.6) is 11.5 Å². The Kier molecular flexibility index (Phi) is 6.97. The quantitative estimate of drug-likeness (QED) is 0.578. The van der Waals surface area contributed by atoms with Crippen molar-refractivity contribution in [2.45, 2.75) is 48.1 Å². The average molecular weight is 371 g/mol. The number of aryl methyl sites for hydroxylation is 1. The van der Waals surface area contributed by atoms with Crippen molar-refractivity contribution in [1.82, 2.24) is 5.32 Å². The Labute approximate surface area is 161 Å². The highest BCUT2D eigenvalue weighted by Gasteiger charge is 2.22. The Morgan fingerprint density at radius 1 is 1.04 bits per heavy atom. The van der Waals surface area contributed by atoms with Crippen LogP contribution in [0.15, 0.2) is 24.3 Å². The molecular weight excluding hydrogens is 342 g/mol. The number of carbonyl (C=O) groups excluding carboxylic acids is 2. The molecule has 0 bridgehead atoms. The fourth-order valence-electron chi connectivity index (χ4n) is 2.76. The van der Waals surface area contributed by atoms with E-state index in [0.717, 1.165) is 28.4 Å². The summed E-state index contributed by atoms with van der Waals surface area (Å²) in [5.74, 6) is -0.684. The third kappa shape index (κ3) is 4.86. The Hall–Kier alpha value is -2.40. The van der Waals surface area contributed by atoms with Crippen LogP contribution in [0.25, 0.3) is 10.8 Å². The highest BCUT2D eigenvalue weighted by Crippen LogP contribution is 2.39. The second-order valence-corrected chi connectivity index (χ2v) is 7.28. The minimum atomic E-state index is -0.362. The predicted octanol–water partition coefficient (Wildman–Crippen LogP) is 4.38. The average Bonchev–Trinajstić information content (AvgIpc) is 2.62. The summed E-state index contributed by atoms with van der Waals surface area (Å²) >= 11 is 0. The lowest BCUT2D eigenvalue weighted by Crippen LogP contribution is -2.19. The summed E-state index contributed by atoms with van der Waals surface area (Å²) in [6, 6.07) is 7.77. The fraction of sp³-hybridized carbons (Fsp3) is 0.455. The number of rotatable bonds is 7. The first-order valence-electron chi connectivity index (χ1n) is 9.45. The molecule has 2 aromatic rings. The van der Waals surface area contributed by atoms with Crippen molar-refractivity contribution in [2.24, 2.45) is 11.8 Å². The Balaban J connectivity index is 2.64. The van der Waals surface area contributed by atoms with E-state index in [0.29, 0.717) is 12.3 Å². The standard InChI is InChI=1S/C22H29NO4/c1-7-23-12-17-10-8-9-16-11-18(26-21(24)13(2)3)20(15(6)19(16)17)27-22(25)14(4)5/h8-11,13-14,23H,7,12H2,1-6H3. The molecule has 0 aliphatic carbocycles. The number of esters is 2. The summed E-state index contributed by atoms with van der Waals surface area (Å²) in [6.07, 6.45) is 0. The summed E-state index contributed by atoms with van der Waals surface area (Å²) in [5, 5.41) is 5.28. The Morgan fingerprint density at radius 2 is 1.67 bits per heavy atom. The van der Waals surface area contributed by atoms with Gasteiger partial charge in [-0.25, -0.2) is 0 Å². The van der Waals surface area contributed by atoms with Gasteiger partial charge in [-0.05, 0) is 35.9 Å². The SMILES string of the molecule is CCNCc1cccc2cc(OC(=O)C(C)C)c(OC(=O)C(C)C)c(C)c12. The molecule has 0 aliphatic heterocycles. The third-order valence-corrected chi connectivity index (χ3v) is 4.33. The molecular formula is C22H29NO4. The van der Waals surface area contributed by atoms with E-state index in [9.17, 15) is 9.59 Å². The van der Waals surface area contributed by atoms with Crippen LogP contribution in [0.3, 0.4) is 0 Å². The van der Waals surface area contributed by atoms with Crippen molar-refractivity contribution in [2.75, 3.05) is 6.54 Å². The van der Waals surface area contributed by atoms with Gasteiger partial charge in [0.15, 0.2) is 11.5 Å². The van der Waals surface area contributed by atoms with Crippen molar-refractivity contribution in [1.29, 1.82) is 0 Å². The van der Waals surface area contributed by atoms with Gasteiger partial charge < -0.3 is 14.8 Å². The number of nitrogens with one attached hydrogen (secondary N) is 1. The maximum atomic E-state index is 12.3. The van der Waals surface area contributed by atoms with E-state index in [1.165, 1.54) is 0 Å². The van der Waals surface area contributed by atoms with E-state index in [4.69, 9.17) is 9.47 Å². The summed E-state index contributed by atoms with van der Waals surface area (Å²) in [6.45, 7) is 12.6. The molecule has 0 atom stereocenters. The van der Waals surface area contributed by atoms with Crippen LogP contribution < -0.4 is 14.8 Å². The van der Waals surface area contributed by atoms with E-state index in [1.807, 2.05) is 25.1 Å². The molecule has 146 valence electrons. The largest absolute Gasteiger partial charge is 0.422 e. The minimum absolute atomic E-state index is 0.283. The molecule has 0 heterocycles. The number of ether oxygens (including phenoxy) is 2. The normalized spacial score (nSPS) is 11.3. The maximum absolute atomic E-state index is 12.3. The maximum Gasteiger partial charge on any atom is 0.313 e. The lowest BCUT2D eigenvalue weighted by Gasteiger charge is -2.18. The van der Waals surface area contributed by atoms with Crippen molar-refractivity contribution in [3.63, 3.8) is 0 Å². The van der Waals surface area contributed by atoms with Crippen LogP contribution in [0.2, 0.25) is 0 Å². The topological polar surface area (TPSA) is 64.6 Å². The van der Waals surface area contributed by atoms with Gasteiger partial charge in [0.2, 0.25) is 0 Å². The molecule has 5 nitrogen and oxygen atoms in total. The monoisotopic (exact) mass is 371 g/mol. The lowest BCUT2D eigenvalue weighted by atomic mass is 9.98. The number of carbonyl (C=O) groups is 2. The highest BCUT2D eigenvalue weighted by atomic mass is 16.6. The van der Waals surface area contributed by atoms with Gasteiger partial charge in [-0.1, -0.05) is 52.8 Å². The molecule has 0 amide bonds. The van der Waals surface area contributed by atoms with Gasteiger partial charge in [0.05, 0.1) is 11.8 Å². The smallest absolute Gasteiger partial charge is 0.313 e. The first kappa shape index (κ1) is 20.9. The van der Waals surface area contributed by atoms with Crippen LogP contribution in [0.4, 0.5) is 0 Å². The van der Waals surface area contributed by atoms with E-state index in [1.54, 1.807) is 33.8 Å². The number of fused-ring (bicyclic) bond motifs is 1. The Morgan fingerprint density at radius 3 is 2.26 bits per heavy atom. The molecule has 0 radical (unpaired) electrons. The number of hydrogen-bond acceptors (Lipinski definition) is 5. The predicted molar refractivity (Wildman–Crippen MR) is 107 cm³/mol. The highest BCUT2D eigenvalue weighted by molar-refractivity contribution is 5.94. The molecule has 2 aromatic carbocycles. The molecule has 0 saturated heterocycles. The van der Waals surface area contributed by atoms with Crippen LogP contribution in [0, 0.1) is 18.8 Å². The first-order valence-corrected chi connectivity index (χ1v) is 9.45. The van der Waals surface area contributed by atoms with Crippen molar-refractivity contribution >= 4 is 22.7 Å². The van der Waals surface area contributed by atoms with E-state index in [2.05, 4.69) is 12.2 Å². The van der Waals surface area contributed by atoms with Crippen LogP contribution >= 0.6 is 0 Å². The molecule has 0 saturated carbocycles. The molecule has 27 heavy (non-hydrogen) atoms. The molecule has 1 N–H and O–H groups in total. The fourth-order valence-corrected chi connectivity index (χ4v) is 2.76. The van der Waals surface area contributed by atoms with Gasteiger partial charge in [0, 0.05) is 12.1 Å². The van der Waals surface area contributed by atoms with Gasteiger partial charge in [-0.3, -0.25) is 9.59 Å². The van der Waals surface area contributed by atoms with Crippen molar-refractivity contribution in [3.8, 4) is 11.5 Å². The zero-order chi connectivity index (χ0) is 20.1. The van der Waals surface area contributed by atoms with Crippen LogP contribution in [-0.2, 0) is 16.1 Å². The second kappa shape index (κ2) is 9.00. The van der Waals surface area contributed by atoms with E-state index < -0.39 is 0 Å². The summed E-state index contributed by atoms with van der Waals surface area (Å²) < 4.78 is 11.2. The van der Waals surface area contributed by atoms with Crippen LogP contribution in [0.1, 0.15) is 45.7 Å². The van der Waals surface area contributed by atoms with Crippen LogP contribution in [-0.4, -0.2) is 18.5 Å². The molecule has 0 aliphatic rings. The third-order valence-electron chi connectivity index (χ3n) is 4.33. The molecule has 0 fully saturated rings. The number of benzene rings is 2. The first-order chi connectivity index (χ1) is 12.8. The van der Waals surface area contributed by atoms with Gasteiger partial charge in [-0.2, -0.15) is 0 Å². The van der Waals surface area contributed by atoms with Gasteiger partial charge in [0.25, 0.3) is 0 Å². The van der Waals surface area contributed by atoms with Gasteiger partial charge in [-0.15, -0.1) is 0 Å².